The fraction of sp³-hybridized carbons (Fsp3) is 0.723. The number of amides is 1. The third kappa shape index (κ3) is 55.5. The predicted molar refractivity (Wildman–Crippen MR) is 323 cm³/mol. The lowest BCUT2D eigenvalue weighted by Crippen LogP contribution is -2.47. The van der Waals surface area contributed by atoms with E-state index in [1.807, 2.05) is 33.3 Å². The van der Waals surface area contributed by atoms with Gasteiger partial charge in [-0.25, -0.2) is 4.57 Å². The van der Waals surface area contributed by atoms with Crippen molar-refractivity contribution in [3.63, 3.8) is 0 Å². The van der Waals surface area contributed by atoms with Crippen LogP contribution in [0.25, 0.3) is 0 Å². The highest BCUT2D eigenvalue weighted by Crippen LogP contribution is 2.43. The van der Waals surface area contributed by atoms with Gasteiger partial charge in [0.15, 0.2) is 0 Å². The fourth-order valence-corrected chi connectivity index (χ4v) is 9.05. The Morgan fingerprint density at radius 2 is 0.893 bits per heavy atom. The van der Waals surface area contributed by atoms with E-state index in [1.54, 1.807) is 0 Å². The maximum Gasteiger partial charge on any atom is 0.472 e. The van der Waals surface area contributed by atoms with Crippen LogP contribution in [0.2, 0.25) is 0 Å². The van der Waals surface area contributed by atoms with E-state index < -0.39 is 20.0 Å². The fourth-order valence-electron chi connectivity index (χ4n) is 8.31. The molecule has 0 aliphatic carbocycles. The van der Waals surface area contributed by atoms with Gasteiger partial charge in [0.1, 0.15) is 19.3 Å². The molecule has 0 aromatic rings. The Morgan fingerprint density at radius 3 is 1.39 bits per heavy atom. The SMILES string of the molecule is CC/C=C\C/C=C\C/C=C\C/C=C\C/C=C\CCCCCCCCCC(=O)NC(COP(=O)(O)OCC[N+](C)(C)C)C(/C=C\CCCCCCCCCCC)OC(=O)CCCCCCCC/C=C/C=C/CCCCC. The molecule has 9 nitrogen and oxygen atoms in total. The Bertz CT molecular complexity index is 1610. The smallest absolute Gasteiger partial charge is 0.456 e. The largest absolute Gasteiger partial charge is 0.472 e. The summed E-state index contributed by atoms with van der Waals surface area (Å²) in [6.45, 7) is 6.84. The molecule has 0 rings (SSSR count). The van der Waals surface area contributed by atoms with Crippen LogP contribution in [0.3, 0.4) is 0 Å². The number of esters is 1. The van der Waals surface area contributed by atoms with E-state index in [9.17, 15) is 19.0 Å². The molecular formula is C65H116N2O7P+. The lowest BCUT2D eigenvalue weighted by molar-refractivity contribution is -0.870. The summed E-state index contributed by atoms with van der Waals surface area (Å²) >= 11 is 0. The molecule has 3 unspecified atom stereocenters. The standard InChI is InChI=1S/C65H115N2O7P/c1-7-10-13-16-19-22-25-27-29-30-31-32-33-34-35-36-38-39-42-45-48-51-54-57-64(68)66-62(61-73-75(70,71)72-60-59-67(4,5)6)63(56-53-50-47-44-41-24-21-18-15-12-9-3)74-65(69)58-55-52-49-46-43-40-37-28-26-23-20-17-14-11-8-2/h10,13,19-20,22-23,26-29,31-32,34-35,53,56,62-63H,7-9,11-12,14-18,21,24-25,30,33,36-52,54-55,57-61H2,1-6H3,(H-,66,68,70,71)/p+1/b13-10-,22-19-,23-20+,28-26+,29-27-,32-31-,35-34-,56-53-. The highest BCUT2D eigenvalue weighted by Gasteiger charge is 2.30. The molecule has 3 atom stereocenters. The number of ether oxygens (including phenoxy) is 1. The van der Waals surface area contributed by atoms with Crippen molar-refractivity contribution in [2.45, 2.75) is 264 Å². The molecule has 0 aliphatic rings. The molecule has 0 bridgehead atoms. The molecule has 2 N–H and O–H groups in total. The molecule has 0 heterocycles. The van der Waals surface area contributed by atoms with Gasteiger partial charge in [0.05, 0.1) is 33.8 Å². The summed E-state index contributed by atoms with van der Waals surface area (Å²) in [6.07, 6.45) is 72.6. The number of phosphoric acid groups is 1. The van der Waals surface area contributed by atoms with E-state index in [1.165, 1.54) is 96.3 Å². The van der Waals surface area contributed by atoms with Crippen molar-refractivity contribution in [3.05, 3.63) is 97.2 Å². The van der Waals surface area contributed by atoms with E-state index in [-0.39, 0.29) is 31.5 Å². The molecule has 0 fully saturated rings. The van der Waals surface area contributed by atoms with Crippen LogP contribution in [-0.4, -0.2) is 74.3 Å². The topological polar surface area (TPSA) is 111 Å². The maximum atomic E-state index is 13.5. The average molecular weight is 1070 g/mol. The molecule has 0 aromatic carbocycles. The summed E-state index contributed by atoms with van der Waals surface area (Å²) in [6, 6.07) is -0.864. The van der Waals surface area contributed by atoms with Crippen molar-refractivity contribution in [1.82, 2.24) is 5.32 Å². The van der Waals surface area contributed by atoms with Gasteiger partial charge in [-0.05, 0) is 102 Å². The van der Waals surface area contributed by atoms with Gasteiger partial charge in [0.25, 0.3) is 0 Å². The number of allylic oxidation sites excluding steroid dienone is 15. The first-order valence-corrected chi connectivity index (χ1v) is 32.1. The minimum absolute atomic E-state index is 0.0313. The molecular weight excluding hydrogens is 952 g/mol. The van der Waals surface area contributed by atoms with Crippen LogP contribution in [-0.2, 0) is 27.9 Å². The Kier molecular flexibility index (Phi) is 52.1. The Labute approximate surface area is 462 Å². The minimum atomic E-state index is -4.46. The van der Waals surface area contributed by atoms with Gasteiger partial charge in [-0.1, -0.05) is 234 Å². The van der Waals surface area contributed by atoms with E-state index in [0.717, 1.165) is 122 Å². The number of phosphoric ester groups is 1. The number of rotatable bonds is 54. The summed E-state index contributed by atoms with van der Waals surface area (Å²) in [5.41, 5.74) is 0. The van der Waals surface area contributed by atoms with Crippen molar-refractivity contribution in [2.75, 3.05) is 40.9 Å². The number of nitrogens with zero attached hydrogens (tertiary/aromatic N) is 1. The quantitative estimate of drug-likeness (QED) is 0.0156. The summed E-state index contributed by atoms with van der Waals surface area (Å²) in [7, 11) is 1.47. The van der Waals surface area contributed by atoms with Gasteiger partial charge in [-0.2, -0.15) is 0 Å². The summed E-state index contributed by atoms with van der Waals surface area (Å²) in [5, 5.41) is 3.04. The second-order valence-corrected chi connectivity index (χ2v) is 23.0. The van der Waals surface area contributed by atoms with Crippen LogP contribution in [0.15, 0.2) is 97.2 Å². The van der Waals surface area contributed by atoms with Gasteiger partial charge in [-0.3, -0.25) is 18.6 Å². The van der Waals surface area contributed by atoms with Crippen molar-refractivity contribution in [2.24, 2.45) is 0 Å². The van der Waals surface area contributed by atoms with Gasteiger partial charge in [0, 0.05) is 12.8 Å². The molecule has 10 heteroatoms. The Hall–Kier alpha value is -3.07. The lowest BCUT2D eigenvalue weighted by Gasteiger charge is -2.27. The molecule has 0 aromatic heterocycles. The molecule has 432 valence electrons. The zero-order chi connectivity index (χ0) is 55.0. The first-order chi connectivity index (χ1) is 36.4. The second kappa shape index (κ2) is 54.3. The Balaban J connectivity index is 5.24. The van der Waals surface area contributed by atoms with E-state index in [0.29, 0.717) is 17.4 Å². The van der Waals surface area contributed by atoms with Gasteiger partial charge < -0.3 is 19.4 Å². The van der Waals surface area contributed by atoms with E-state index in [4.69, 9.17) is 13.8 Å². The normalized spacial score (nSPS) is 14.4. The zero-order valence-electron chi connectivity index (χ0n) is 49.3. The second-order valence-electron chi connectivity index (χ2n) is 21.5. The van der Waals surface area contributed by atoms with Crippen LogP contribution in [0.4, 0.5) is 0 Å². The number of hydrogen-bond donors (Lipinski definition) is 2. The van der Waals surface area contributed by atoms with Crippen molar-refractivity contribution in [3.8, 4) is 0 Å². The third-order valence-electron chi connectivity index (χ3n) is 13.0. The molecule has 0 saturated heterocycles. The maximum absolute atomic E-state index is 13.5. The summed E-state index contributed by atoms with van der Waals surface area (Å²) in [5.74, 6) is -0.536. The monoisotopic (exact) mass is 1070 g/mol. The predicted octanol–water partition coefficient (Wildman–Crippen LogP) is 18.8. The lowest BCUT2D eigenvalue weighted by atomic mass is 10.1. The van der Waals surface area contributed by atoms with Gasteiger partial charge >= 0.3 is 13.8 Å². The number of hydrogen-bond acceptors (Lipinski definition) is 6. The highest BCUT2D eigenvalue weighted by atomic mass is 31.2. The number of carbonyl (C=O) groups excluding carboxylic acids is 2. The van der Waals surface area contributed by atoms with Crippen LogP contribution >= 0.6 is 7.82 Å². The van der Waals surface area contributed by atoms with Crippen LogP contribution in [0.5, 0.6) is 0 Å². The molecule has 75 heavy (non-hydrogen) atoms. The highest BCUT2D eigenvalue weighted by molar-refractivity contribution is 7.47. The van der Waals surface area contributed by atoms with Crippen molar-refractivity contribution < 1.29 is 37.3 Å². The average Bonchev–Trinajstić information content (AvgIpc) is 3.37. The van der Waals surface area contributed by atoms with Crippen molar-refractivity contribution >= 4 is 19.7 Å². The van der Waals surface area contributed by atoms with Gasteiger partial charge in [-0.15, -0.1) is 0 Å². The molecule has 0 spiro atoms. The van der Waals surface area contributed by atoms with Gasteiger partial charge in [0.2, 0.25) is 5.91 Å². The third-order valence-corrected chi connectivity index (χ3v) is 14.0. The van der Waals surface area contributed by atoms with E-state index in [2.05, 4.69) is 111 Å². The number of quaternary nitrogens is 1. The number of nitrogens with one attached hydrogen (secondary N) is 1. The molecule has 0 aliphatic heterocycles. The minimum Gasteiger partial charge on any atom is -0.456 e. The molecule has 0 saturated carbocycles. The molecule has 1 amide bonds. The van der Waals surface area contributed by atoms with E-state index >= 15 is 0 Å². The number of likely N-dealkylation sites (N-methyl/N-ethyl adjacent to an activating group) is 1. The first kappa shape index (κ1) is 71.9. The van der Waals surface area contributed by atoms with Crippen LogP contribution in [0.1, 0.15) is 252 Å². The summed E-state index contributed by atoms with van der Waals surface area (Å²) < 4.78 is 30.6. The van der Waals surface area contributed by atoms with Crippen LogP contribution < -0.4 is 5.32 Å². The number of carbonyl (C=O) groups is 2. The molecule has 0 radical (unpaired) electrons. The summed E-state index contributed by atoms with van der Waals surface area (Å²) in [4.78, 5) is 37.7. The Morgan fingerprint density at radius 1 is 0.493 bits per heavy atom. The first-order valence-electron chi connectivity index (χ1n) is 30.6. The van der Waals surface area contributed by atoms with Crippen LogP contribution in [0, 0.1) is 0 Å². The number of unbranched alkanes of at least 4 members (excludes halogenated alkanes) is 25. The zero-order valence-corrected chi connectivity index (χ0v) is 50.2. The van der Waals surface area contributed by atoms with Crippen molar-refractivity contribution in [1.29, 1.82) is 0 Å².